The molecular formula is C15H15Br2NO3. The smallest absolute Gasteiger partial charge is 0.237 e. The normalized spacial score (nSPS) is 32.2. The van der Waals surface area contributed by atoms with Gasteiger partial charge in [0.2, 0.25) is 11.8 Å². The standard InChI is InChI=1S/C15H15Br2NO3/c1-21-9-4-2-8(3-5-9)18-14(19)10-6-12(16)13(17)7-11(10)15(18)20/h2-5,10-13H,6-7H2,1H3/t10-,11-,12-,13+/m0/s1. The average Bonchev–Trinajstić information content (AvgIpc) is 2.72. The maximum absolute atomic E-state index is 12.6. The molecule has 0 unspecified atom stereocenters. The van der Waals surface area contributed by atoms with Crippen LogP contribution in [0.3, 0.4) is 0 Å². The van der Waals surface area contributed by atoms with Crippen LogP contribution in [0.5, 0.6) is 5.75 Å². The first-order valence-electron chi connectivity index (χ1n) is 6.83. The van der Waals surface area contributed by atoms with E-state index in [1.807, 2.05) is 0 Å². The number of carbonyl (C=O) groups excluding carboxylic acids is 2. The minimum absolute atomic E-state index is 0.0842. The number of carbonyl (C=O) groups is 2. The first-order chi connectivity index (χ1) is 10.0. The number of nitrogens with zero attached hydrogens (tertiary/aromatic N) is 1. The van der Waals surface area contributed by atoms with Gasteiger partial charge in [-0.2, -0.15) is 0 Å². The van der Waals surface area contributed by atoms with Gasteiger partial charge in [0.25, 0.3) is 0 Å². The van der Waals surface area contributed by atoms with E-state index in [0.29, 0.717) is 24.3 Å². The van der Waals surface area contributed by atoms with Crippen LogP contribution >= 0.6 is 31.9 Å². The van der Waals surface area contributed by atoms with E-state index in [-0.39, 0.29) is 33.3 Å². The molecule has 2 fully saturated rings. The van der Waals surface area contributed by atoms with Crippen molar-refractivity contribution in [3.05, 3.63) is 24.3 Å². The van der Waals surface area contributed by atoms with Crippen molar-refractivity contribution >= 4 is 49.4 Å². The largest absolute Gasteiger partial charge is 0.497 e. The lowest BCUT2D eigenvalue weighted by molar-refractivity contribution is -0.122. The summed E-state index contributed by atoms with van der Waals surface area (Å²) in [6.45, 7) is 0. The van der Waals surface area contributed by atoms with Gasteiger partial charge in [-0.15, -0.1) is 0 Å². The molecule has 4 nitrogen and oxygen atoms in total. The topological polar surface area (TPSA) is 46.6 Å². The number of methoxy groups -OCH3 is 1. The summed E-state index contributed by atoms with van der Waals surface area (Å²) in [6, 6.07) is 7.03. The van der Waals surface area contributed by atoms with Gasteiger partial charge in [-0.05, 0) is 37.1 Å². The van der Waals surface area contributed by atoms with Gasteiger partial charge in [0, 0.05) is 9.65 Å². The van der Waals surface area contributed by atoms with Gasteiger partial charge in [-0.3, -0.25) is 14.5 Å². The summed E-state index contributed by atoms with van der Waals surface area (Å²) < 4.78 is 5.11. The molecule has 21 heavy (non-hydrogen) atoms. The highest BCUT2D eigenvalue weighted by Crippen LogP contribution is 2.44. The number of fused-ring (bicyclic) bond motifs is 1. The number of alkyl halides is 2. The zero-order valence-corrected chi connectivity index (χ0v) is 14.6. The average molecular weight is 417 g/mol. The molecule has 6 heteroatoms. The second-order valence-corrected chi connectivity index (χ2v) is 7.78. The summed E-state index contributed by atoms with van der Waals surface area (Å²) in [5, 5.41) is 0. The molecule has 2 amide bonds. The predicted molar refractivity (Wildman–Crippen MR) is 87.1 cm³/mol. The minimum Gasteiger partial charge on any atom is -0.497 e. The lowest BCUT2D eigenvalue weighted by Crippen LogP contribution is -2.34. The Kier molecular flexibility index (Phi) is 4.10. The van der Waals surface area contributed by atoms with Crippen molar-refractivity contribution in [2.75, 3.05) is 12.0 Å². The number of benzene rings is 1. The van der Waals surface area contributed by atoms with E-state index in [1.54, 1.807) is 31.4 Å². The fourth-order valence-electron chi connectivity index (χ4n) is 3.08. The molecule has 1 aliphatic heterocycles. The van der Waals surface area contributed by atoms with Gasteiger partial charge in [0.05, 0.1) is 24.6 Å². The SMILES string of the molecule is COc1ccc(N2C(=O)[C@H]3C[C@@H](Br)[C@@H](Br)C[C@@H]3C2=O)cc1. The van der Waals surface area contributed by atoms with Crippen LogP contribution in [0, 0.1) is 11.8 Å². The maximum atomic E-state index is 12.6. The quantitative estimate of drug-likeness (QED) is 0.549. The van der Waals surface area contributed by atoms with Crippen molar-refractivity contribution in [1.82, 2.24) is 0 Å². The summed E-state index contributed by atoms with van der Waals surface area (Å²) in [6.07, 6.45) is 1.38. The highest BCUT2D eigenvalue weighted by Gasteiger charge is 2.52. The van der Waals surface area contributed by atoms with Crippen LogP contribution in [0.1, 0.15) is 12.8 Å². The van der Waals surface area contributed by atoms with Gasteiger partial charge < -0.3 is 4.74 Å². The number of amides is 2. The minimum atomic E-state index is -0.210. The molecule has 1 saturated carbocycles. The van der Waals surface area contributed by atoms with Crippen molar-refractivity contribution in [3.8, 4) is 5.75 Å². The Balaban J connectivity index is 1.89. The lowest BCUT2D eigenvalue weighted by atomic mass is 9.81. The van der Waals surface area contributed by atoms with Crippen LogP contribution in [0.25, 0.3) is 0 Å². The predicted octanol–water partition coefficient (Wildman–Crippen LogP) is 3.12. The highest BCUT2D eigenvalue weighted by molar-refractivity contribution is 9.12. The number of imide groups is 1. The summed E-state index contributed by atoms with van der Waals surface area (Å²) in [4.78, 5) is 27.0. The molecule has 1 heterocycles. The molecule has 3 rings (SSSR count). The number of rotatable bonds is 2. The third-order valence-corrected chi connectivity index (χ3v) is 6.98. The molecule has 1 aliphatic carbocycles. The molecule has 1 aromatic rings. The molecule has 0 N–H and O–H groups in total. The first-order valence-corrected chi connectivity index (χ1v) is 8.66. The van der Waals surface area contributed by atoms with Crippen molar-refractivity contribution in [3.63, 3.8) is 0 Å². The third-order valence-electron chi connectivity index (χ3n) is 4.24. The number of ether oxygens (including phenoxy) is 1. The van der Waals surface area contributed by atoms with Crippen LogP contribution in [-0.4, -0.2) is 28.6 Å². The number of halogens is 2. The fourth-order valence-corrected chi connectivity index (χ4v) is 4.32. The zero-order valence-electron chi connectivity index (χ0n) is 11.5. The van der Waals surface area contributed by atoms with Crippen molar-refractivity contribution in [1.29, 1.82) is 0 Å². The molecule has 0 aromatic heterocycles. The molecule has 4 atom stereocenters. The maximum Gasteiger partial charge on any atom is 0.237 e. The van der Waals surface area contributed by atoms with Gasteiger partial charge in [0.1, 0.15) is 5.75 Å². The van der Waals surface area contributed by atoms with Gasteiger partial charge in [-0.1, -0.05) is 31.9 Å². The van der Waals surface area contributed by atoms with Crippen LogP contribution in [-0.2, 0) is 9.59 Å². The Bertz CT molecular complexity index is 547. The molecule has 1 aromatic carbocycles. The van der Waals surface area contributed by atoms with Crippen LogP contribution in [0.4, 0.5) is 5.69 Å². The van der Waals surface area contributed by atoms with Crippen LogP contribution in [0.2, 0.25) is 0 Å². The van der Waals surface area contributed by atoms with E-state index >= 15 is 0 Å². The van der Waals surface area contributed by atoms with Crippen LogP contribution < -0.4 is 9.64 Å². The third kappa shape index (κ3) is 2.52. The van der Waals surface area contributed by atoms with E-state index < -0.39 is 0 Å². The van der Waals surface area contributed by atoms with Crippen molar-refractivity contribution in [2.24, 2.45) is 11.8 Å². The zero-order chi connectivity index (χ0) is 15.1. The molecule has 2 aliphatic rings. The second-order valence-electron chi connectivity index (χ2n) is 5.43. The van der Waals surface area contributed by atoms with E-state index in [2.05, 4.69) is 31.9 Å². The van der Waals surface area contributed by atoms with Crippen LogP contribution in [0.15, 0.2) is 24.3 Å². The Morgan fingerprint density at radius 3 is 1.90 bits per heavy atom. The number of hydrogen-bond acceptors (Lipinski definition) is 3. The summed E-state index contributed by atoms with van der Waals surface area (Å²) in [5.41, 5.74) is 0.623. The molecule has 0 bridgehead atoms. The van der Waals surface area contributed by atoms with Gasteiger partial charge in [0.15, 0.2) is 0 Å². The lowest BCUT2D eigenvalue weighted by Gasteiger charge is -2.29. The van der Waals surface area contributed by atoms with Gasteiger partial charge >= 0.3 is 0 Å². The number of hydrogen-bond donors (Lipinski definition) is 0. The van der Waals surface area contributed by atoms with Gasteiger partial charge in [-0.25, -0.2) is 0 Å². The first kappa shape index (κ1) is 15.0. The Labute approximate surface area is 140 Å². The van der Waals surface area contributed by atoms with E-state index in [9.17, 15) is 9.59 Å². The van der Waals surface area contributed by atoms with Crippen molar-refractivity contribution in [2.45, 2.75) is 22.5 Å². The van der Waals surface area contributed by atoms with E-state index in [1.165, 1.54) is 4.90 Å². The Hall–Kier alpha value is -0.880. The molecule has 0 spiro atoms. The summed E-state index contributed by atoms with van der Waals surface area (Å²) >= 11 is 7.17. The monoisotopic (exact) mass is 415 g/mol. The van der Waals surface area contributed by atoms with Crippen molar-refractivity contribution < 1.29 is 14.3 Å². The molecule has 1 saturated heterocycles. The summed E-state index contributed by atoms with van der Waals surface area (Å²) in [5.74, 6) is 0.116. The molecule has 0 radical (unpaired) electrons. The summed E-state index contributed by atoms with van der Waals surface area (Å²) in [7, 11) is 1.59. The molecule has 112 valence electrons. The fraction of sp³-hybridized carbons (Fsp3) is 0.467. The Morgan fingerprint density at radius 1 is 1.00 bits per heavy atom. The van der Waals surface area contributed by atoms with E-state index in [4.69, 9.17) is 4.74 Å². The number of anilines is 1. The second kappa shape index (κ2) is 5.72. The van der Waals surface area contributed by atoms with E-state index in [0.717, 1.165) is 0 Å². The molecular weight excluding hydrogens is 402 g/mol. The Morgan fingerprint density at radius 2 is 1.48 bits per heavy atom. The highest BCUT2D eigenvalue weighted by atomic mass is 79.9.